The Morgan fingerprint density at radius 2 is 1.85 bits per heavy atom. The lowest BCUT2D eigenvalue weighted by atomic mass is 10.2. The van der Waals surface area contributed by atoms with Crippen molar-refractivity contribution in [3.63, 3.8) is 0 Å². The van der Waals surface area contributed by atoms with Gasteiger partial charge < -0.3 is 4.74 Å². The summed E-state index contributed by atoms with van der Waals surface area (Å²) in [5, 5.41) is 0. The fraction of sp³-hybridized carbons (Fsp3) is 0.364. The van der Waals surface area contributed by atoms with E-state index in [1.165, 1.54) is 5.56 Å². The van der Waals surface area contributed by atoms with E-state index < -0.39 is 0 Å². The third-order valence-corrected chi connectivity index (χ3v) is 1.92. The van der Waals surface area contributed by atoms with Crippen LogP contribution in [0.5, 0.6) is 0 Å². The first kappa shape index (κ1) is 9.78. The molecule has 0 aliphatic carbocycles. The van der Waals surface area contributed by atoms with Gasteiger partial charge >= 0.3 is 5.90 Å². The molecular weight excluding hydrogens is 162 g/mol. The minimum Gasteiger partial charge on any atom is -0.443 e. The maximum Gasteiger partial charge on any atom is 0.332 e. The number of hydrogen-bond acceptors (Lipinski definition) is 1. The zero-order valence-electron chi connectivity index (χ0n) is 8.45. The van der Waals surface area contributed by atoms with Crippen molar-refractivity contribution in [1.82, 2.24) is 0 Å². The lowest BCUT2D eigenvalue weighted by molar-refractivity contribution is -0.475. The van der Waals surface area contributed by atoms with Gasteiger partial charge in [0, 0.05) is 0 Å². The summed E-state index contributed by atoms with van der Waals surface area (Å²) in [6.45, 7) is 2.60. The van der Waals surface area contributed by atoms with Crippen molar-refractivity contribution >= 4 is 5.90 Å². The average Bonchev–Trinajstić information content (AvgIpc) is 2.15. The molecule has 1 rings (SSSR count). The lowest BCUT2D eigenvalue weighted by Gasteiger charge is -2.02. The SMILES string of the molecule is CC(OCc1ccccc1)=[N+](C)C. The van der Waals surface area contributed by atoms with Crippen LogP contribution in [0.3, 0.4) is 0 Å². The second kappa shape index (κ2) is 4.65. The zero-order valence-corrected chi connectivity index (χ0v) is 8.45. The van der Waals surface area contributed by atoms with Crippen molar-refractivity contribution in [2.75, 3.05) is 14.1 Å². The molecular formula is C11H16NO+. The molecule has 70 valence electrons. The molecule has 1 aromatic rings. The molecule has 0 saturated heterocycles. The number of nitrogens with zero attached hydrogens (tertiary/aromatic N) is 1. The van der Waals surface area contributed by atoms with Gasteiger partial charge in [-0.1, -0.05) is 30.3 Å². The van der Waals surface area contributed by atoms with Gasteiger partial charge in [0.25, 0.3) is 0 Å². The molecule has 0 atom stereocenters. The van der Waals surface area contributed by atoms with Crippen LogP contribution in [-0.4, -0.2) is 24.6 Å². The summed E-state index contributed by atoms with van der Waals surface area (Å²) in [5.41, 5.74) is 1.20. The van der Waals surface area contributed by atoms with Crippen LogP contribution < -0.4 is 0 Å². The Bertz CT molecular complexity index is 286. The molecule has 0 saturated carbocycles. The lowest BCUT2D eigenvalue weighted by Crippen LogP contribution is -2.12. The Hall–Kier alpha value is -1.31. The molecule has 0 N–H and O–H groups in total. The van der Waals surface area contributed by atoms with Crippen LogP contribution in [0.15, 0.2) is 30.3 Å². The van der Waals surface area contributed by atoms with E-state index in [-0.39, 0.29) is 0 Å². The van der Waals surface area contributed by atoms with Gasteiger partial charge in [-0.2, -0.15) is 0 Å². The summed E-state index contributed by atoms with van der Waals surface area (Å²) >= 11 is 0. The third kappa shape index (κ3) is 3.28. The summed E-state index contributed by atoms with van der Waals surface area (Å²) in [6.07, 6.45) is 0. The van der Waals surface area contributed by atoms with E-state index in [4.69, 9.17) is 4.74 Å². The Kier molecular flexibility index (Phi) is 3.50. The van der Waals surface area contributed by atoms with Crippen LogP contribution in [0, 0.1) is 0 Å². The van der Waals surface area contributed by atoms with Crippen LogP contribution >= 0.6 is 0 Å². The molecule has 0 amide bonds. The van der Waals surface area contributed by atoms with Crippen molar-refractivity contribution in [3.05, 3.63) is 35.9 Å². The van der Waals surface area contributed by atoms with E-state index in [9.17, 15) is 0 Å². The quantitative estimate of drug-likeness (QED) is 0.383. The highest BCUT2D eigenvalue weighted by molar-refractivity contribution is 5.67. The first-order valence-corrected chi connectivity index (χ1v) is 4.38. The standard InChI is InChI=1S/C11H16NO/c1-10(12(2)3)13-9-11-7-5-4-6-8-11/h4-8H,9H2,1-3H3/q+1. The fourth-order valence-electron chi connectivity index (χ4n) is 0.891. The Morgan fingerprint density at radius 3 is 2.38 bits per heavy atom. The normalized spacial score (nSPS) is 9.46. The van der Waals surface area contributed by atoms with Crippen LogP contribution in [0.25, 0.3) is 0 Å². The van der Waals surface area contributed by atoms with E-state index in [1.54, 1.807) is 0 Å². The molecule has 0 aliphatic heterocycles. The molecule has 1 aromatic carbocycles. The first-order valence-electron chi connectivity index (χ1n) is 4.38. The van der Waals surface area contributed by atoms with Gasteiger partial charge in [-0.25, -0.2) is 4.58 Å². The van der Waals surface area contributed by atoms with Gasteiger partial charge in [0.05, 0.1) is 6.92 Å². The van der Waals surface area contributed by atoms with Crippen LogP contribution in [0.4, 0.5) is 0 Å². The van der Waals surface area contributed by atoms with Gasteiger partial charge in [0.1, 0.15) is 20.7 Å². The predicted molar refractivity (Wildman–Crippen MR) is 54.0 cm³/mol. The maximum atomic E-state index is 5.53. The monoisotopic (exact) mass is 178 g/mol. The predicted octanol–water partition coefficient (Wildman–Crippen LogP) is 1.89. The number of rotatable bonds is 2. The van der Waals surface area contributed by atoms with Crippen LogP contribution in [0.1, 0.15) is 12.5 Å². The minimum atomic E-state index is 0.644. The van der Waals surface area contributed by atoms with Gasteiger partial charge in [-0.15, -0.1) is 0 Å². The van der Waals surface area contributed by atoms with Gasteiger partial charge in [-0.05, 0) is 5.56 Å². The number of ether oxygens (including phenoxy) is 1. The van der Waals surface area contributed by atoms with E-state index >= 15 is 0 Å². The number of benzene rings is 1. The van der Waals surface area contributed by atoms with E-state index in [2.05, 4.69) is 12.1 Å². The molecule has 0 spiro atoms. The molecule has 0 fully saturated rings. The molecule has 0 aliphatic rings. The molecule has 2 heteroatoms. The zero-order chi connectivity index (χ0) is 9.68. The van der Waals surface area contributed by atoms with E-state index in [1.807, 2.05) is 43.8 Å². The van der Waals surface area contributed by atoms with Crippen molar-refractivity contribution in [2.45, 2.75) is 13.5 Å². The Balaban J connectivity index is 2.49. The Labute approximate surface area is 79.5 Å². The summed E-state index contributed by atoms with van der Waals surface area (Å²) in [6, 6.07) is 10.2. The average molecular weight is 178 g/mol. The van der Waals surface area contributed by atoms with Crippen LogP contribution in [-0.2, 0) is 11.3 Å². The summed E-state index contributed by atoms with van der Waals surface area (Å²) < 4.78 is 7.49. The van der Waals surface area contributed by atoms with Crippen molar-refractivity contribution in [2.24, 2.45) is 0 Å². The van der Waals surface area contributed by atoms with E-state index in [0.717, 1.165) is 5.90 Å². The highest BCUT2D eigenvalue weighted by atomic mass is 16.5. The highest BCUT2D eigenvalue weighted by Gasteiger charge is 2.00. The molecule has 13 heavy (non-hydrogen) atoms. The second-order valence-electron chi connectivity index (χ2n) is 3.19. The van der Waals surface area contributed by atoms with Crippen molar-refractivity contribution < 1.29 is 9.31 Å². The molecule has 0 aromatic heterocycles. The molecule has 0 unspecified atom stereocenters. The summed E-state index contributed by atoms with van der Waals surface area (Å²) in [5.74, 6) is 0.934. The van der Waals surface area contributed by atoms with E-state index in [0.29, 0.717) is 6.61 Å². The van der Waals surface area contributed by atoms with Gasteiger partial charge in [0.2, 0.25) is 0 Å². The summed E-state index contributed by atoms with van der Waals surface area (Å²) in [4.78, 5) is 0. The van der Waals surface area contributed by atoms with Gasteiger partial charge in [-0.3, -0.25) is 0 Å². The summed E-state index contributed by atoms with van der Waals surface area (Å²) in [7, 11) is 3.95. The van der Waals surface area contributed by atoms with Gasteiger partial charge in [0.15, 0.2) is 0 Å². The topological polar surface area (TPSA) is 12.2 Å². The number of hydrogen-bond donors (Lipinski definition) is 0. The molecule has 2 nitrogen and oxygen atoms in total. The smallest absolute Gasteiger partial charge is 0.332 e. The first-order chi connectivity index (χ1) is 6.20. The second-order valence-corrected chi connectivity index (χ2v) is 3.19. The van der Waals surface area contributed by atoms with Crippen molar-refractivity contribution in [3.8, 4) is 0 Å². The maximum absolute atomic E-state index is 5.53. The minimum absolute atomic E-state index is 0.644. The van der Waals surface area contributed by atoms with Crippen molar-refractivity contribution in [1.29, 1.82) is 0 Å². The third-order valence-electron chi connectivity index (χ3n) is 1.92. The fourth-order valence-corrected chi connectivity index (χ4v) is 0.891. The largest absolute Gasteiger partial charge is 0.443 e. The highest BCUT2D eigenvalue weighted by Crippen LogP contribution is 2.00. The molecule has 0 radical (unpaired) electrons. The molecule has 0 bridgehead atoms. The van der Waals surface area contributed by atoms with Crippen LogP contribution in [0.2, 0.25) is 0 Å². The molecule has 0 heterocycles. The Morgan fingerprint density at radius 1 is 1.23 bits per heavy atom.